The topological polar surface area (TPSA) is 29.5 Å². The zero-order valence-electron chi connectivity index (χ0n) is 11.0. The van der Waals surface area contributed by atoms with Crippen LogP contribution in [0.15, 0.2) is 29.2 Å². The van der Waals surface area contributed by atoms with Crippen molar-refractivity contribution in [3.8, 4) is 0 Å². The molecule has 0 unspecified atom stereocenters. The summed E-state index contributed by atoms with van der Waals surface area (Å²) in [6.45, 7) is 1.02. The van der Waals surface area contributed by atoms with Gasteiger partial charge in [-0.15, -0.1) is 11.8 Å². The van der Waals surface area contributed by atoms with E-state index < -0.39 is 0 Å². The van der Waals surface area contributed by atoms with E-state index in [0.717, 1.165) is 5.57 Å². The SMILES string of the molecule is COC(=O)N1CC=C(c2cccc(SC)c2F)CC1. The van der Waals surface area contributed by atoms with Crippen LogP contribution in [0.5, 0.6) is 0 Å². The van der Waals surface area contributed by atoms with Crippen LogP contribution in [0.25, 0.3) is 5.57 Å². The maximum Gasteiger partial charge on any atom is 0.409 e. The number of thioether (sulfide) groups is 1. The van der Waals surface area contributed by atoms with E-state index in [0.29, 0.717) is 30.0 Å². The number of carbonyl (C=O) groups is 1. The Balaban J connectivity index is 2.21. The summed E-state index contributed by atoms with van der Waals surface area (Å²) in [6.07, 6.45) is 4.05. The summed E-state index contributed by atoms with van der Waals surface area (Å²) >= 11 is 1.40. The number of amides is 1. The van der Waals surface area contributed by atoms with Gasteiger partial charge < -0.3 is 9.64 Å². The summed E-state index contributed by atoms with van der Waals surface area (Å²) in [5, 5.41) is 0. The molecule has 0 N–H and O–H groups in total. The van der Waals surface area contributed by atoms with Crippen LogP contribution in [0.1, 0.15) is 12.0 Å². The summed E-state index contributed by atoms with van der Waals surface area (Å²) in [4.78, 5) is 13.6. The fourth-order valence-corrected chi connectivity index (χ4v) is 2.63. The van der Waals surface area contributed by atoms with Crippen LogP contribution in [0.2, 0.25) is 0 Å². The second kappa shape index (κ2) is 6.10. The van der Waals surface area contributed by atoms with Gasteiger partial charge in [0.25, 0.3) is 0 Å². The molecule has 3 nitrogen and oxygen atoms in total. The molecular weight excluding hydrogens is 265 g/mol. The van der Waals surface area contributed by atoms with Gasteiger partial charge in [-0.3, -0.25) is 0 Å². The molecule has 1 amide bonds. The van der Waals surface area contributed by atoms with Gasteiger partial charge in [0, 0.05) is 23.5 Å². The molecule has 0 spiro atoms. The molecule has 1 heterocycles. The molecule has 0 radical (unpaired) electrons. The third kappa shape index (κ3) is 2.92. The van der Waals surface area contributed by atoms with Crippen molar-refractivity contribution in [1.82, 2.24) is 4.90 Å². The highest BCUT2D eigenvalue weighted by Crippen LogP contribution is 2.29. The van der Waals surface area contributed by atoms with E-state index in [1.165, 1.54) is 18.9 Å². The molecule has 19 heavy (non-hydrogen) atoms. The molecule has 0 bridgehead atoms. The monoisotopic (exact) mass is 281 g/mol. The standard InChI is InChI=1S/C14H16FNO2S/c1-18-14(17)16-8-6-10(7-9-16)11-4-3-5-12(19-2)13(11)15/h3-6H,7-9H2,1-2H3. The van der Waals surface area contributed by atoms with Gasteiger partial charge in [0.05, 0.1) is 7.11 Å². The predicted octanol–water partition coefficient (Wildman–Crippen LogP) is 3.40. The molecule has 0 saturated heterocycles. The Kier molecular flexibility index (Phi) is 4.47. The summed E-state index contributed by atoms with van der Waals surface area (Å²) in [6, 6.07) is 5.42. The van der Waals surface area contributed by atoms with Crippen molar-refractivity contribution in [2.45, 2.75) is 11.3 Å². The second-order valence-corrected chi connectivity index (χ2v) is 5.07. The zero-order valence-corrected chi connectivity index (χ0v) is 11.8. The highest BCUT2D eigenvalue weighted by Gasteiger charge is 2.20. The lowest BCUT2D eigenvalue weighted by molar-refractivity contribution is 0.128. The lowest BCUT2D eigenvalue weighted by Gasteiger charge is -2.25. The van der Waals surface area contributed by atoms with Gasteiger partial charge in [-0.05, 0) is 24.3 Å². The molecule has 1 aliphatic heterocycles. The summed E-state index contributed by atoms with van der Waals surface area (Å²) in [5.74, 6) is -0.173. The zero-order chi connectivity index (χ0) is 13.8. The molecule has 0 aromatic heterocycles. The number of ether oxygens (including phenoxy) is 1. The Morgan fingerprint density at radius 2 is 2.26 bits per heavy atom. The van der Waals surface area contributed by atoms with Gasteiger partial charge in [0.15, 0.2) is 0 Å². The number of halogens is 1. The molecule has 1 aromatic rings. The van der Waals surface area contributed by atoms with Crippen LogP contribution in [-0.2, 0) is 4.74 Å². The van der Waals surface area contributed by atoms with E-state index in [1.807, 2.05) is 18.4 Å². The Labute approximate surface area is 116 Å². The van der Waals surface area contributed by atoms with Gasteiger partial charge in [-0.25, -0.2) is 9.18 Å². The number of rotatable bonds is 2. The Hall–Kier alpha value is -1.49. The number of methoxy groups -OCH3 is 1. The highest BCUT2D eigenvalue weighted by molar-refractivity contribution is 7.98. The molecule has 102 valence electrons. The van der Waals surface area contributed by atoms with Crippen LogP contribution in [0.4, 0.5) is 9.18 Å². The number of carbonyl (C=O) groups excluding carboxylic acids is 1. The van der Waals surface area contributed by atoms with Crippen molar-refractivity contribution in [1.29, 1.82) is 0 Å². The van der Waals surface area contributed by atoms with Crippen molar-refractivity contribution in [2.75, 3.05) is 26.5 Å². The van der Waals surface area contributed by atoms with Crippen molar-refractivity contribution in [3.63, 3.8) is 0 Å². The van der Waals surface area contributed by atoms with E-state index >= 15 is 0 Å². The van der Waals surface area contributed by atoms with E-state index in [9.17, 15) is 9.18 Å². The summed E-state index contributed by atoms with van der Waals surface area (Å²) < 4.78 is 18.9. The molecule has 0 fully saturated rings. The largest absolute Gasteiger partial charge is 0.453 e. The van der Waals surface area contributed by atoms with Gasteiger partial charge in [-0.2, -0.15) is 0 Å². The van der Waals surface area contributed by atoms with Crippen molar-refractivity contribution in [2.24, 2.45) is 0 Å². The number of hydrogen-bond donors (Lipinski definition) is 0. The molecule has 1 aliphatic rings. The Morgan fingerprint density at radius 3 is 2.84 bits per heavy atom. The first-order valence-electron chi connectivity index (χ1n) is 6.02. The summed E-state index contributed by atoms with van der Waals surface area (Å²) in [5.41, 5.74) is 1.59. The fraction of sp³-hybridized carbons (Fsp3) is 0.357. The maximum atomic E-state index is 14.2. The van der Waals surface area contributed by atoms with Crippen LogP contribution >= 0.6 is 11.8 Å². The first-order chi connectivity index (χ1) is 9.17. The van der Waals surface area contributed by atoms with Crippen LogP contribution in [0.3, 0.4) is 0 Å². The Morgan fingerprint density at radius 1 is 1.47 bits per heavy atom. The first-order valence-corrected chi connectivity index (χ1v) is 7.24. The lowest BCUT2D eigenvalue weighted by atomic mass is 9.99. The molecule has 0 aliphatic carbocycles. The van der Waals surface area contributed by atoms with Crippen molar-refractivity contribution >= 4 is 23.4 Å². The fourth-order valence-electron chi connectivity index (χ4n) is 2.13. The molecule has 5 heteroatoms. The molecule has 1 aromatic carbocycles. The minimum absolute atomic E-state index is 0.173. The maximum absolute atomic E-state index is 14.2. The minimum Gasteiger partial charge on any atom is -0.453 e. The van der Waals surface area contributed by atoms with Crippen LogP contribution in [0, 0.1) is 5.82 Å². The third-order valence-electron chi connectivity index (χ3n) is 3.17. The minimum atomic E-state index is -0.339. The quantitative estimate of drug-likeness (QED) is 0.778. The average Bonchev–Trinajstić information content (AvgIpc) is 2.47. The van der Waals surface area contributed by atoms with E-state index in [1.54, 1.807) is 17.0 Å². The summed E-state index contributed by atoms with van der Waals surface area (Å²) in [7, 11) is 1.36. The number of nitrogens with zero attached hydrogens (tertiary/aromatic N) is 1. The van der Waals surface area contributed by atoms with Gasteiger partial charge in [-0.1, -0.05) is 18.2 Å². The van der Waals surface area contributed by atoms with E-state index in [2.05, 4.69) is 4.74 Å². The van der Waals surface area contributed by atoms with Crippen LogP contribution < -0.4 is 0 Å². The van der Waals surface area contributed by atoms with Gasteiger partial charge in [0.1, 0.15) is 5.82 Å². The normalized spacial score (nSPS) is 15.1. The molecule has 2 rings (SSSR count). The average molecular weight is 281 g/mol. The van der Waals surface area contributed by atoms with E-state index in [-0.39, 0.29) is 11.9 Å². The first kappa shape index (κ1) is 13.9. The number of hydrogen-bond acceptors (Lipinski definition) is 3. The second-order valence-electron chi connectivity index (χ2n) is 4.22. The molecule has 0 saturated carbocycles. The molecular formula is C14H16FNO2S. The van der Waals surface area contributed by atoms with E-state index in [4.69, 9.17) is 0 Å². The van der Waals surface area contributed by atoms with Gasteiger partial charge >= 0.3 is 6.09 Å². The predicted molar refractivity (Wildman–Crippen MR) is 74.8 cm³/mol. The smallest absolute Gasteiger partial charge is 0.409 e. The van der Waals surface area contributed by atoms with Gasteiger partial charge in [0.2, 0.25) is 0 Å². The van der Waals surface area contributed by atoms with Crippen molar-refractivity contribution in [3.05, 3.63) is 35.7 Å². The Bertz CT molecular complexity index is 516. The highest BCUT2D eigenvalue weighted by atomic mass is 32.2. The lowest BCUT2D eigenvalue weighted by Crippen LogP contribution is -2.34. The number of benzene rings is 1. The van der Waals surface area contributed by atoms with Crippen molar-refractivity contribution < 1.29 is 13.9 Å². The molecule has 0 atom stereocenters. The van der Waals surface area contributed by atoms with Crippen LogP contribution in [-0.4, -0.2) is 37.4 Å². The third-order valence-corrected chi connectivity index (χ3v) is 3.93.